The molecule has 0 bridgehead atoms. The van der Waals surface area contributed by atoms with Crippen LogP contribution >= 0.6 is 0 Å². The Bertz CT molecular complexity index is 542. The number of nitrogens with one attached hydrogen (secondary N) is 1. The van der Waals surface area contributed by atoms with Gasteiger partial charge in [-0.25, -0.2) is 0 Å². The normalized spacial score (nSPS) is 14.3. The third kappa shape index (κ3) is 8.63. The van der Waals surface area contributed by atoms with E-state index in [1.54, 1.807) is 7.11 Å². The van der Waals surface area contributed by atoms with Gasteiger partial charge < -0.3 is 10.1 Å². The molecule has 0 radical (unpaired) electrons. The molecule has 0 heterocycles. The molecule has 0 aromatic heterocycles. The van der Waals surface area contributed by atoms with Gasteiger partial charge in [0.15, 0.2) is 0 Å². The smallest absolute Gasteiger partial charge is 0.234 e. The monoisotopic (exact) mass is 358 g/mol. The van der Waals surface area contributed by atoms with Gasteiger partial charge in [-0.15, -0.1) is 0 Å². The molecule has 4 nitrogen and oxygen atoms in total. The first kappa shape index (κ1) is 20.7. The summed E-state index contributed by atoms with van der Waals surface area (Å²) in [7, 11) is 1.71. The summed E-state index contributed by atoms with van der Waals surface area (Å²) < 4.78 is 5.20. The number of allylic oxidation sites excluding steroid dienone is 1. The molecule has 0 saturated carbocycles. The van der Waals surface area contributed by atoms with E-state index in [1.807, 2.05) is 6.07 Å². The maximum atomic E-state index is 12.3. The van der Waals surface area contributed by atoms with Gasteiger partial charge in [-0.3, -0.25) is 9.69 Å². The Kier molecular flexibility index (Phi) is 10.1. The van der Waals surface area contributed by atoms with Crippen LogP contribution in [0.5, 0.6) is 0 Å². The summed E-state index contributed by atoms with van der Waals surface area (Å²) in [6.45, 7) is 3.58. The van der Waals surface area contributed by atoms with Crippen molar-refractivity contribution in [3.05, 3.63) is 47.5 Å². The number of hydrogen-bond donors (Lipinski definition) is 1. The number of rotatable bonds is 12. The van der Waals surface area contributed by atoms with Gasteiger partial charge in [0.1, 0.15) is 0 Å². The average molecular weight is 359 g/mol. The zero-order valence-electron chi connectivity index (χ0n) is 16.2. The Morgan fingerprint density at radius 1 is 1.15 bits per heavy atom. The topological polar surface area (TPSA) is 41.6 Å². The molecule has 1 aliphatic carbocycles. The second kappa shape index (κ2) is 12.7. The van der Waals surface area contributed by atoms with Crippen LogP contribution in [0.4, 0.5) is 0 Å². The van der Waals surface area contributed by atoms with Crippen LogP contribution in [-0.2, 0) is 16.0 Å². The lowest BCUT2D eigenvalue weighted by atomic mass is 9.97. The molecule has 4 heteroatoms. The maximum absolute atomic E-state index is 12.3. The number of carbonyl (C=O) groups is 1. The van der Waals surface area contributed by atoms with Crippen LogP contribution in [0.3, 0.4) is 0 Å². The molecular weight excluding hydrogens is 324 g/mol. The number of amides is 1. The molecule has 0 atom stereocenters. The zero-order valence-corrected chi connectivity index (χ0v) is 16.2. The van der Waals surface area contributed by atoms with E-state index < -0.39 is 0 Å². The van der Waals surface area contributed by atoms with Crippen molar-refractivity contribution in [3.63, 3.8) is 0 Å². The fourth-order valence-corrected chi connectivity index (χ4v) is 3.39. The number of benzene rings is 1. The summed E-state index contributed by atoms with van der Waals surface area (Å²) in [5, 5.41) is 3.08. The van der Waals surface area contributed by atoms with Crippen molar-refractivity contribution in [1.29, 1.82) is 0 Å². The van der Waals surface area contributed by atoms with Gasteiger partial charge in [0.25, 0.3) is 0 Å². The largest absolute Gasteiger partial charge is 0.383 e. The van der Waals surface area contributed by atoms with Crippen LogP contribution in [0.1, 0.15) is 44.1 Å². The van der Waals surface area contributed by atoms with Gasteiger partial charge in [0.2, 0.25) is 5.91 Å². The standard InChI is InChI=1S/C22H34N2O2/c1-26-18-17-24(16-8-13-20-9-4-2-5-10-20)19-22(25)23-15-14-21-11-6-3-7-12-21/h2,4-5,9-11H,3,6-8,12-19H2,1H3,(H,23,25). The quantitative estimate of drug-likeness (QED) is 0.581. The third-order valence-electron chi connectivity index (χ3n) is 4.91. The summed E-state index contributed by atoms with van der Waals surface area (Å²) >= 11 is 0. The van der Waals surface area contributed by atoms with Gasteiger partial charge in [-0.2, -0.15) is 0 Å². The summed E-state index contributed by atoms with van der Waals surface area (Å²) in [4.78, 5) is 14.5. The van der Waals surface area contributed by atoms with Crippen molar-refractivity contribution in [2.75, 3.05) is 39.9 Å². The minimum absolute atomic E-state index is 0.122. The highest BCUT2D eigenvalue weighted by molar-refractivity contribution is 5.78. The van der Waals surface area contributed by atoms with Crippen molar-refractivity contribution in [2.24, 2.45) is 0 Å². The predicted octanol–water partition coefficient (Wildman–Crippen LogP) is 3.57. The van der Waals surface area contributed by atoms with Crippen LogP contribution < -0.4 is 5.32 Å². The second-order valence-electron chi connectivity index (χ2n) is 7.07. The maximum Gasteiger partial charge on any atom is 0.234 e. The highest BCUT2D eigenvalue weighted by Crippen LogP contribution is 2.19. The van der Waals surface area contributed by atoms with Gasteiger partial charge in [0.05, 0.1) is 13.2 Å². The molecule has 1 aromatic carbocycles. The Labute approximate surface area is 158 Å². The van der Waals surface area contributed by atoms with E-state index >= 15 is 0 Å². The zero-order chi connectivity index (χ0) is 18.5. The first-order valence-electron chi connectivity index (χ1n) is 9.98. The van der Waals surface area contributed by atoms with Gasteiger partial charge in [0, 0.05) is 20.2 Å². The molecule has 0 aliphatic heterocycles. The number of carbonyl (C=O) groups excluding carboxylic acids is 1. The molecule has 0 unspecified atom stereocenters. The molecule has 0 spiro atoms. The Hall–Kier alpha value is -1.65. The number of nitrogens with zero attached hydrogens (tertiary/aromatic N) is 1. The highest BCUT2D eigenvalue weighted by atomic mass is 16.5. The second-order valence-corrected chi connectivity index (χ2v) is 7.07. The number of hydrogen-bond acceptors (Lipinski definition) is 3. The van der Waals surface area contributed by atoms with Gasteiger partial charge in [-0.05, 0) is 57.1 Å². The predicted molar refractivity (Wildman–Crippen MR) is 107 cm³/mol. The molecule has 1 aliphatic rings. The number of aryl methyl sites for hydroxylation is 1. The van der Waals surface area contributed by atoms with E-state index in [2.05, 4.69) is 40.6 Å². The van der Waals surface area contributed by atoms with Crippen molar-refractivity contribution in [1.82, 2.24) is 10.2 Å². The van der Waals surface area contributed by atoms with E-state index in [1.165, 1.54) is 36.8 Å². The van der Waals surface area contributed by atoms with Crippen molar-refractivity contribution < 1.29 is 9.53 Å². The van der Waals surface area contributed by atoms with E-state index in [0.717, 1.165) is 38.9 Å². The van der Waals surface area contributed by atoms with E-state index in [-0.39, 0.29) is 5.91 Å². The molecule has 1 amide bonds. The van der Waals surface area contributed by atoms with Crippen LogP contribution in [0, 0.1) is 0 Å². The molecule has 0 saturated heterocycles. The van der Waals surface area contributed by atoms with Crippen molar-refractivity contribution >= 4 is 5.91 Å². The molecular formula is C22H34N2O2. The first-order valence-corrected chi connectivity index (χ1v) is 9.98. The number of methoxy groups -OCH3 is 1. The third-order valence-corrected chi connectivity index (χ3v) is 4.91. The van der Waals surface area contributed by atoms with Crippen molar-refractivity contribution in [2.45, 2.75) is 44.9 Å². The van der Waals surface area contributed by atoms with Crippen LogP contribution in [0.25, 0.3) is 0 Å². The minimum atomic E-state index is 0.122. The van der Waals surface area contributed by atoms with Crippen LogP contribution in [0.2, 0.25) is 0 Å². The van der Waals surface area contributed by atoms with Crippen LogP contribution in [0.15, 0.2) is 42.0 Å². The molecule has 1 N–H and O–H groups in total. The minimum Gasteiger partial charge on any atom is -0.383 e. The summed E-state index contributed by atoms with van der Waals surface area (Å²) in [5.74, 6) is 0.122. The van der Waals surface area contributed by atoms with E-state index in [0.29, 0.717) is 13.2 Å². The molecule has 1 aromatic rings. The molecule has 0 fully saturated rings. The Morgan fingerprint density at radius 2 is 2.00 bits per heavy atom. The summed E-state index contributed by atoms with van der Waals surface area (Å²) in [5.41, 5.74) is 2.86. The van der Waals surface area contributed by atoms with Crippen molar-refractivity contribution in [3.8, 4) is 0 Å². The molecule has 26 heavy (non-hydrogen) atoms. The SMILES string of the molecule is COCCN(CCCc1ccccc1)CC(=O)NCCC1=CCCCC1. The lowest BCUT2D eigenvalue weighted by Gasteiger charge is -2.21. The molecule has 144 valence electrons. The Morgan fingerprint density at radius 3 is 2.73 bits per heavy atom. The molecule has 2 rings (SSSR count). The average Bonchev–Trinajstić information content (AvgIpc) is 2.67. The summed E-state index contributed by atoms with van der Waals surface area (Å²) in [6, 6.07) is 10.5. The van der Waals surface area contributed by atoms with Gasteiger partial charge >= 0.3 is 0 Å². The lowest BCUT2D eigenvalue weighted by molar-refractivity contribution is -0.122. The highest BCUT2D eigenvalue weighted by Gasteiger charge is 2.11. The fourth-order valence-electron chi connectivity index (χ4n) is 3.39. The number of ether oxygens (including phenoxy) is 1. The van der Waals surface area contributed by atoms with Crippen LogP contribution in [-0.4, -0.2) is 50.7 Å². The fraction of sp³-hybridized carbons (Fsp3) is 0.591. The van der Waals surface area contributed by atoms with Gasteiger partial charge in [-0.1, -0.05) is 42.0 Å². The lowest BCUT2D eigenvalue weighted by Crippen LogP contribution is -2.39. The van der Waals surface area contributed by atoms with E-state index in [4.69, 9.17) is 4.74 Å². The Balaban J connectivity index is 1.67. The summed E-state index contributed by atoms with van der Waals surface area (Å²) in [6.07, 6.45) is 10.5. The first-order chi connectivity index (χ1) is 12.8. The van der Waals surface area contributed by atoms with E-state index in [9.17, 15) is 4.79 Å².